The molecular weight excluding hydrogens is 174 g/mol. The Kier molecular flexibility index (Phi) is 1.98. The van der Waals surface area contributed by atoms with Crippen molar-refractivity contribution in [3.05, 3.63) is 24.3 Å². The highest BCUT2D eigenvalue weighted by molar-refractivity contribution is 5.12. The third-order valence-electron chi connectivity index (χ3n) is 3.53. The predicted molar refractivity (Wildman–Crippen MR) is 53.7 cm³/mol. The number of piperidine rings is 1. The fraction of sp³-hybridized carbons (Fsp3) is 0.636. The third kappa shape index (κ3) is 1.42. The molecule has 1 aliphatic heterocycles. The average molecular weight is 189 g/mol. The highest BCUT2D eigenvalue weighted by atomic mass is 15.0. The van der Waals surface area contributed by atoms with Gasteiger partial charge in [-0.1, -0.05) is 0 Å². The van der Waals surface area contributed by atoms with Crippen LogP contribution in [-0.2, 0) is 0 Å². The number of nitrogens with zero attached hydrogens (tertiary/aromatic N) is 2. The van der Waals surface area contributed by atoms with Crippen LogP contribution in [0.2, 0.25) is 0 Å². The Balaban J connectivity index is 1.81. The van der Waals surface area contributed by atoms with Gasteiger partial charge >= 0.3 is 0 Å². The second-order valence-electron chi connectivity index (χ2n) is 4.50. The van der Waals surface area contributed by atoms with Gasteiger partial charge in [-0.2, -0.15) is 0 Å². The lowest BCUT2D eigenvalue weighted by Crippen LogP contribution is -2.35. The summed E-state index contributed by atoms with van der Waals surface area (Å²) in [5, 5.41) is 3.68. The zero-order chi connectivity index (χ0) is 9.38. The fourth-order valence-corrected chi connectivity index (χ4v) is 2.85. The molecule has 1 saturated heterocycles. The second-order valence-corrected chi connectivity index (χ2v) is 4.50. The molecule has 74 valence electrons. The third-order valence-corrected chi connectivity index (χ3v) is 3.53. The van der Waals surface area contributed by atoms with Crippen molar-refractivity contribution in [2.75, 3.05) is 0 Å². The first-order chi connectivity index (χ1) is 6.92. The van der Waals surface area contributed by atoms with Crippen molar-refractivity contribution in [1.29, 1.82) is 0 Å². The van der Waals surface area contributed by atoms with Gasteiger partial charge in [-0.3, -0.25) is 0 Å². The highest BCUT2D eigenvalue weighted by Crippen LogP contribution is 2.38. The van der Waals surface area contributed by atoms with Gasteiger partial charge in [0, 0.05) is 30.0 Å². The SMILES string of the molecule is c1ncc(C2CC3CCC(C3)N2)cn1. The molecule has 0 radical (unpaired) electrons. The first-order valence-electron chi connectivity index (χ1n) is 5.43. The molecule has 2 fully saturated rings. The van der Waals surface area contributed by atoms with Crippen molar-refractivity contribution in [2.24, 2.45) is 5.92 Å². The Morgan fingerprint density at radius 2 is 2.00 bits per heavy atom. The van der Waals surface area contributed by atoms with Gasteiger partial charge in [0.1, 0.15) is 6.33 Å². The molecule has 0 amide bonds. The molecule has 1 saturated carbocycles. The Bertz CT molecular complexity index is 300. The van der Waals surface area contributed by atoms with E-state index in [0.29, 0.717) is 6.04 Å². The van der Waals surface area contributed by atoms with E-state index < -0.39 is 0 Å². The second kappa shape index (κ2) is 3.31. The van der Waals surface area contributed by atoms with Crippen LogP contribution >= 0.6 is 0 Å². The first-order valence-corrected chi connectivity index (χ1v) is 5.43. The van der Waals surface area contributed by atoms with Crippen molar-refractivity contribution in [2.45, 2.75) is 37.8 Å². The molecule has 0 aromatic carbocycles. The summed E-state index contributed by atoms with van der Waals surface area (Å²) in [7, 11) is 0. The molecule has 0 spiro atoms. The van der Waals surface area contributed by atoms with Crippen molar-refractivity contribution in [3.8, 4) is 0 Å². The summed E-state index contributed by atoms with van der Waals surface area (Å²) in [6.07, 6.45) is 10.9. The van der Waals surface area contributed by atoms with Gasteiger partial charge in [0.2, 0.25) is 0 Å². The molecular formula is C11H15N3. The number of aromatic nitrogens is 2. The van der Waals surface area contributed by atoms with Crippen molar-refractivity contribution < 1.29 is 0 Å². The first kappa shape index (κ1) is 8.36. The minimum Gasteiger partial charge on any atom is -0.307 e. The summed E-state index contributed by atoms with van der Waals surface area (Å²) in [5.41, 5.74) is 1.25. The Morgan fingerprint density at radius 1 is 1.14 bits per heavy atom. The smallest absolute Gasteiger partial charge is 0.115 e. The normalized spacial score (nSPS) is 35.9. The van der Waals surface area contributed by atoms with E-state index in [1.807, 2.05) is 12.4 Å². The zero-order valence-corrected chi connectivity index (χ0v) is 8.19. The molecule has 1 aromatic heterocycles. The van der Waals surface area contributed by atoms with Gasteiger partial charge in [0.25, 0.3) is 0 Å². The molecule has 1 N–H and O–H groups in total. The molecule has 2 heterocycles. The van der Waals surface area contributed by atoms with Crippen LogP contribution in [-0.4, -0.2) is 16.0 Å². The van der Waals surface area contributed by atoms with Gasteiger partial charge in [0.05, 0.1) is 0 Å². The topological polar surface area (TPSA) is 37.8 Å². The molecule has 3 heteroatoms. The largest absolute Gasteiger partial charge is 0.307 e. The standard InChI is InChI=1S/C11H15N3/c1-2-10-3-8(1)4-11(14-10)9-5-12-7-13-6-9/h5-8,10-11,14H,1-4H2. The molecule has 2 aliphatic rings. The maximum absolute atomic E-state index is 4.08. The van der Waals surface area contributed by atoms with Gasteiger partial charge in [-0.15, -0.1) is 0 Å². The minimum atomic E-state index is 0.502. The molecule has 14 heavy (non-hydrogen) atoms. The summed E-state index contributed by atoms with van der Waals surface area (Å²) >= 11 is 0. The van der Waals surface area contributed by atoms with Crippen LogP contribution in [0.1, 0.15) is 37.3 Å². The summed E-state index contributed by atoms with van der Waals surface area (Å²) in [6.45, 7) is 0. The Morgan fingerprint density at radius 3 is 2.79 bits per heavy atom. The lowest BCUT2D eigenvalue weighted by Gasteiger charge is -2.29. The maximum atomic E-state index is 4.08. The molecule has 3 rings (SSSR count). The van der Waals surface area contributed by atoms with E-state index in [9.17, 15) is 0 Å². The van der Waals surface area contributed by atoms with Gasteiger partial charge in [-0.05, 0) is 31.6 Å². The van der Waals surface area contributed by atoms with E-state index >= 15 is 0 Å². The van der Waals surface area contributed by atoms with E-state index in [-0.39, 0.29) is 0 Å². The minimum absolute atomic E-state index is 0.502. The molecule has 1 aromatic rings. The van der Waals surface area contributed by atoms with Crippen molar-refractivity contribution in [1.82, 2.24) is 15.3 Å². The highest BCUT2D eigenvalue weighted by Gasteiger charge is 2.34. The van der Waals surface area contributed by atoms with Gasteiger partial charge in [-0.25, -0.2) is 9.97 Å². The van der Waals surface area contributed by atoms with Crippen LogP contribution < -0.4 is 5.32 Å². The number of hydrogen-bond donors (Lipinski definition) is 1. The summed E-state index contributed by atoms with van der Waals surface area (Å²) in [6, 6.07) is 1.25. The van der Waals surface area contributed by atoms with Crippen molar-refractivity contribution in [3.63, 3.8) is 0 Å². The Hall–Kier alpha value is -0.960. The van der Waals surface area contributed by atoms with Crippen LogP contribution in [0.15, 0.2) is 18.7 Å². The van der Waals surface area contributed by atoms with Crippen LogP contribution in [0, 0.1) is 5.92 Å². The molecule has 3 atom stereocenters. The maximum Gasteiger partial charge on any atom is 0.115 e. The van der Waals surface area contributed by atoms with Gasteiger partial charge < -0.3 is 5.32 Å². The average Bonchev–Trinajstić information content (AvgIpc) is 2.59. The molecule has 2 bridgehead atoms. The fourth-order valence-electron chi connectivity index (χ4n) is 2.85. The van der Waals surface area contributed by atoms with E-state index in [1.165, 1.54) is 31.2 Å². The van der Waals surface area contributed by atoms with E-state index in [2.05, 4.69) is 15.3 Å². The zero-order valence-electron chi connectivity index (χ0n) is 8.19. The summed E-state index contributed by atoms with van der Waals surface area (Å²) in [5.74, 6) is 0.937. The van der Waals surface area contributed by atoms with E-state index in [0.717, 1.165) is 12.0 Å². The quantitative estimate of drug-likeness (QED) is 0.730. The predicted octanol–water partition coefficient (Wildman–Crippen LogP) is 1.68. The number of hydrogen-bond acceptors (Lipinski definition) is 3. The Labute approximate surface area is 84.0 Å². The summed E-state index contributed by atoms with van der Waals surface area (Å²) in [4.78, 5) is 8.16. The molecule has 3 unspecified atom stereocenters. The lowest BCUT2D eigenvalue weighted by molar-refractivity contribution is 0.312. The number of rotatable bonds is 1. The van der Waals surface area contributed by atoms with E-state index in [4.69, 9.17) is 0 Å². The van der Waals surface area contributed by atoms with Crippen LogP contribution in [0.3, 0.4) is 0 Å². The number of fused-ring (bicyclic) bond motifs is 2. The van der Waals surface area contributed by atoms with Gasteiger partial charge in [0.15, 0.2) is 0 Å². The molecule has 3 nitrogen and oxygen atoms in total. The van der Waals surface area contributed by atoms with Crippen molar-refractivity contribution >= 4 is 0 Å². The molecule has 1 aliphatic carbocycles. The van der Waals surface area contributed by atoms with Crippen LogP contribution in [0.4, 0.5) is 0 Å². The van der Waals surface area contributed by atoms with Crippen LogP contribution in [0.25, 0.3) is 0 Å². The van der Waals surface area contributed by atoms with E-state index in [1.54, 1.807) is 6.33 Å². The lowest BCUT2D eigenvalue weighted by atomic mass is 9.91. The number of nitrogens with one attached hydrogen (secondary N) is 1. The monoisotopic (exact) mass is 189 g/mol. The summed E-state index contributed by atoms with van der Waals surface area (Å²) < 4.78 is 0. The van der Waals surface area contributed by atoms with Crippen LogP contribution in [0.5, 0.6) is 0 Å².